The molecule has 0 saturated carbocycles. The molecule has 4 heterocycles. The Morgan fingerprint density at radius 3 is 2.94 bits per heavy atom. The number of aromatic nitrogens is 5. The lowest BCUT2D eigenvalue weighted by molar-refractivity contribution is 0.00398. The predicted octanol–water partition coefficient (Wildman–Crippen LogP) is 3.59. The quantitative estimate of drug-likeness (QED) is 0.368. The Labute approximate surface area is 199 Å². The minimum atomic E-state index is -0.323. The van der Waals surface area contributed by atoms with Gasteiger partial charge in [0.2, 0.25) is 0 Å². The molecule has 4 rings (SSSR count). The van der Waals surface area contributed by atoms with E-state index in [1.165, 1.54) is 6.21 Å². The van der Waals surface area contributed by atoms with E-state index in [-0.39, 0.29) is 18.1 Å². The molecule has 0 aliphatic carbocycles. The van der Waals surface area contributed by atoms with Gasteiger partial charge in [-0.05, 0) is 12.8 Å². The highest BCUT2D eigenvalue weighted by atomic mass is 19.1. The fraction of sp³-hybridized carbons (Fsp3) is 0.480. The van der Waals surface area contributed by atoms with Gasteiger partial charge in [-0.1, -0.05) is 6.92 Å². The molecule has 1 fully saturated rings. The maximum atomic E-state index is 12.7. The lowest BCUT2D eigenvalue weighted by Crippen LogP contribution is -2.62. The highest BCUT2D eigenvalue weighted by Crippen LogP contribution is 2.33. The van der Waals surface area contributed by atoms with Gasteiger partial charge >= 0.3 is 0 Å². The Bertz CT molecular complexity index is 1210. The number of imidazole rings is 1. The summed E-state index contributed by atoms with van der Waals surface area (Å²) in [5.41, 5.74) is 2.10. The van der Waals surface area contributed by atoms with E-state index in [1.807, 2.05) is 33.7 Å². The summed E-state index contributed by atoms with van der Waals surface area (Å²) in [6, 6.07) is 1.88. The third-order valence-electron chi connectivity index (χ3n) is 6.13. The van der Waals surface area contributed by atoms with Gasteiger partial charge in [-0.25, -0.2) is 9.97 Å². The molecule has 34 heavy (non-hydrogen) atoms. The van der Waals surface area contributed by atoms with Crippen molar-refractivity contribution < 1.29 is 4.39 Å². The van der Waals surface area contributed by atoms with E-state index in [2.05, 4.69) is 33.6 Å². The van der Waals surface area contributed by atoms with Crippen molar-refractivity contribution in [1.82, 2.24) is 29.0 Å². The number of unbranched alkanes of at least 4 members (excludes halogenated alkanes) is 1. The Hall–Kier alpha value is -3.38. The molecule has 0 radical (unpaired) electrons. The van der Waals surface area contributed by atoms with Crippen molar-refractivity contribution in [2.45, 2.75) is 44.1 Å². The van der Waals surface area contributed by atoms with Gasteiger partial charge in [-0.3, -0.25) is 23.4 Å². The second-order valence-electron chi connectivity index (χ2n) is 8.69. The first kappa shape index (κ1) is 23.8. The van der Waals surface area contributed by atoms with Gasteiger partial charge in [-0.2, -0.15) is 5.10 Å². The number of alkyl halides is 1. The molecule has 178 valence electrons. The molecular weight excluding hydrogens is 431 g/mol. The predicted molar refractivity (Wildman–Crippen MR) is 132 cm³/mol. The topological polar surface area (TPSA) is 87.5 Å². The average molecular weight is 463 g/mol. The van der Waals surface area contributed by atoms with E-state index in [4.69, 9.17) is 15.5 Å². The van der Waals surface area contributed by atoms with Gasteiger partial charge in [0.1, 0.15) is 11.5 Å². The van der Waals surface area contributed by atoms with Gasteiger partial charge in [0.25, 0.3) is 0 Å². The van der Waals surface area contributed by atoms with Crippen LogP contribution in [-0.2, 0) is 5.54 Å². The zero-order valence-corrected chi connectivity index (χ0v) is 19.8. The molecule has 1 unspecified atom stereocenters. The second-order valence-corrected chi connectivity index (χ2v) is 8.69. The third-order valence-corrected chi connectivity index (χ3v) is 6.13. The van der Waals surface area contributed by atoms with E-state index >= 15 is 0 Å². The summed E-state index contributed by atoms with van der Waals surface area (Å²) in [6.45, 7) is 4.17. The van der Waals surface area contributed by atoms with Gasteiger partial charge in [0.05, 0.1) is 35.6 Å². The lowest BCUT2D eigenvalue weighted by Gasteiger charge is -2.49. The number of nitrogens with one attached hydrogen (secondary N) is 1. The summed E-state index contributed by atoms with van der Waals surface area (Å²) in [5, 5.41) is 12.5. The Balaban J connectivity index is 1.68. The molecule has 1 aliphatic heterocycles. The fourth-order valence-corrected chi connectivity index (χ4v) is 4.38. The Morgan fingerprint density at radius 2 is 2.21 bits per heavy atom. The number of likely N-dealkylation sites (tertiary alicyclic amines) is 1. The van der Waals surface area contributed by atoms with Crippen LogP contribution in [0.1, 0.15) is 44.2 Å². The summed E-state index contributed by atoms with van der Waals surface area (Å²) in [7, 11) is 1.69. The zero-order chi connectivity index (χ0) is 24.0. The van der Waals surface area contributed by atoms with Crippen LogP contribution in [0, 0.1) is 17.3 Å². The first-order valence-corrected chi connectivity index (χ1v) is 11.7. The molecule has 1 atom stereocenters. The number of halogens is 1. The Morgan fingerprint density at radius 1 is 1.35 bits per heavy atom. The molecular formula is C25H31FN8. The third kappa shape index (κ3) is 4.77. The van der Waals surface area contributed by atoms with E-state index in [9.17, 15) is 4.39 Å². The van der Waals surface area contributed by atoms with Gasteiger partial charge < -0.3 is 5.41 Å². The highest BCUT2D eigenvalue weighted by Gasteiger charge is 2.44. The minimum Gasteiger partial charge on any atom is -0.312 e. The van der Waals surface area contributed by atoms with Crippen molar-refractivity contribution in [1.29, 1.82) is 5.41 Å². The minimum absolute atomic E-state index is 0.229. The van der Waals surface area contributed by atoms with Crippen LogP contribution >= 0.6 is 0 Å². The van der Waals surface area contributed by atoms with Crippen LogP contribution in [0.15, 0.2) is 35.8 Å². The number of nitrogens with zero attached hydrogens (tertiary/aromatic N) is 7. The number of fused-ring (bicyclic) bond motifs is 1. The number of rotatable bonds is 10. The van der Waals surface area contributed by atoms with Gasteiger partial charge in [-0.15, -0.1) is 11.8 Å². The molecule has 3 aromatic rings. The van der Waals surface area contributed by atoms with Crippen molar-refractivity contribution in [3.8, 4) is 23.2 Å². The van der Waals surface area contributed by atoms with Crippen LogP contribution in [0.5, 0.6) is 0 Å². The van der Waals surface area contributed by atoms with Crippen molar-refractivity contribution in [2.24, 2.45) is 4.99 Å². The van der Waals surface area contributed by atoms with Crippen LogP contribution < -0.4 is 0 Å². The standard InChI is InChI=1S/C25H31FN8/c1-3-4-5-6-8-25(18-32(19-25)11-7-9-26)34-17-21(16-30-34)24-31-22(20(14-27)15-28-2)13-23-29-10-12-33(23)24/h10,12-17,20,27H,3-4,7-9,11,18-19H2,1-2H3. The first-order chi connectivity index (χ1) is 16.6. The van der Waals surface area contributed by atoms with Crippen molar-refractivity contribution in [3.05, 3.63) is 36.5 Å². The maximum Gasteiger partial charge on any atom is 0.149 e. The van der Waals surface area contributed by atoms with Crippen LogP contribution in [0.3, 0.4) is 0 Å². The summed E-state index contributed by atoms with van der Waals surface area (Å²) in [6.07, 6.45) is 13.7. The molecule has 8 nitrogen and oxygen atoms in total. The molecule has 0 aromatic carbocycles. The second kappa shape index (κ2) is 10.7. The van der Waals surface area contributed by atoms with E-state index in [0.29, 0.717) is 24.4 Å². The van der Waals surface area contributed by atoms with E-state index < -0.39 is 0 Å². The van der Waals surface area contributed by atoms with Crippen molar-refractivity contribution in [2.75, 3.05) is 33.4 Å². The van der Waals surface area contributed by atoms with Crippen LogP contribution in [0.4, 0.5) is 4.39 Å². The molecule has 0 bridgehead atoms. The smallest absolute Gasteiger partial charge is 0.149 e. The lowest BCUT2D eigenvalue weighted by atomic mass is 9.86. The van der Waals surface area contributed by atoms with Crippen LogP contribution in [-0.4, -0.2) is 74.8 Å². The van der Waals surface area contributed by atoms with E-state index in [0.717, 1.165) is 43.7 Å². The van der Waals surface area contributed by atoms with E-state index in [1.54, 1.807) is 19.5 Å². The molecule has 0 spiro atoms. The van der Waals surface area contributed by atoms with Crippen molar-refractivity contribution >= 4 is 18.1 Å². The first-order valence-electron chi connectivity index (χ1n) is 11.7. The summed E-state index contributed by atoms with van der Waals surface area (Å²) < 4.78 is 16.6. The maximum absolute atomic E-state index is 12.7. The molecule has 1 N–H and O–H groups in total. The molecule has 9 heteroatoms. The molecule has 3 aromatic heterocycles. The molecule has 1 saturated heterocycles. The largest absolute Gasteiger partial charge is 0.312 e. The van der Waals surface area contributed by atoms with Crippen LogP contribution in [0.2, 0.25) is 0 Å². The number of aliphatic imine (C=N–C) groups is 1. The summed E-state index contributed by atoms with van der Waals surface area (Å²) in [4.78, 5) is 15.6. The van der Waals surface area contributed by atoms with Crippen molar-refractivity contribution in [3.63, 3.8) is 0 Å². The number of hydrogen-bond acceptors (Lipinski definition) is 6. The fourth-order valence-electron chi connectivity index (χ4n) is 4.38. The average Bonchev–Trinajstić information content (AvgIpc) is 3.50. The normalized spacial score (nSPS) is 16.3. The van der Waals surface area contributed by atoms with Crippen LogP contribution in [0.25, 0.3) is 17.0 Å². The summed E-state index contributed by atoms with van der Waals surface area (Å²) in [5.74, 6) is 6.99. The SMILES string of the molecule is CCCC#CCC1(n2cc(-c3nc(C(C=N)C=NC)cc4nccn34)cn2)CN(CCCF)C1. The monoisotopic (exact) mass is 462 g/mol. The Kier molecular flexibility index (Phi) is 7.48. The number of hydrogen-bond donors (Lipinski definition) is 1. The zero-order valence-electron chi connectivity index (χ0n) is 19.8. The van der Waals surface area contributed by atoms with Gasteiger partial charge in [0.15, 0.2) is 0 Å². The highest BCUT2D eigenvalue weighted by molar-refractivity contribution is 5.88. The molecule has 0 amide bonds. The van der Waals surface area contributed by atoms with Gasteiger partial charge in [0, 0.05) is 76.6 Å². The molecule has 1 aliphatic rings. The summed E-state index contributed by atoms with van der Waals surface area (Å²) >= 11 is 0.